The molecule has 0 rings (SSSR count). The monoisotopic (exact) mass is 424 g/mol. The average Bonchev–Trinajstić information content (AvgIpc) is 2.69. The first-order valence-corrected chi connectivity index (χ1v) is 10.2. The van der Waals surface area contributed by atoms with Crippen molar-refractivity contribution >= 4 is 6.29 Å². The van der Waals surface area contributed by atoms with Crippen LogP contribution in [0.3, 0.4) is 0 Å². The lowest BCUT2D eigenvalue weighted by Crippen LogP contribution is -2.02. The predicted octanol–water partition coefficient (Wildman–Crippen LogP) is 5.28. The molecule has 0 unspecified atom stereocenters. The van der Waals surface area contributed by atoms with Crippen LogP contribution in [0.5, 0.6) is 0 Å². The van der Waals surface area contributed by atoms with Gasteiger partial charge in [0.2, 0.25) is 17.1 Å². The van der Waals surface area contributed by atoms with Gasteiger partial charge in [-0.05, 0) is 43.9 Å². The number of hydrogen-bond donors (Lipinski definition) is 0. The molecule has 167 valence electrons. The van der Waals surface area contributed by atoms with Crippen LogP contribution in [0, 0.1) is 30.3 Å². The summed E-state index contributed by atoms with van der Waals surface area (Å²) in [7, 11) is 0. The van der Waals surface area contributed by atoms with Gasteiger partial charge in [0.1, 0.15) is 0 Å². The van der Waals surface area contributed by atoms with E-state index in [1.807, 2.05) is 6.92 Å². The molecule has 0 aliphatic rings. The van der Waals surface area contributed by atoms with E-state index in [4.69, 9.17) is 0 Å². The lowest BCUT2D eigenvalue weighted by atomic mass is 10.1. The molecular formula is C20H30N3O7. The predicted molar refractivity (Wildman–Crippen MR) is 112 cm³/mol. The third kappa shape index (κ3) is 13.3. The molecule has 0 aromatic heterocycles. The molecule has 0 aromatic rings. The van der Waals surface area contributed by atoms with Gasteiger partial charge in [-0.2, -0.15) is 0 Å². The van der Waals surface area contributed by atoms with E-state index in [0.717, 1.165) is 25.7 Å². The molecule has 10 nitrogen and oxygen atoms in total. The highest BCUT2D eigenvalue weighted by molar-refractivity contribution is 5.50. The summed E-state index contributed by atoms with van der Waals surface area (Å²) >= 11 is 0. The minimum atomic E-state index is -0.624. The summed E-state index contributed by atoms with van der Waals surface area (Å²) in [5, 5.41) is 33.4. The van der Waals surface area contributed by atoms with Gasteiger partial charge in [-0.15, -0.1) is 0 Å². The summed E-state index contributed by atoms with van der Waals surface area (Å²) in [6, 6.07) is 0. The SMILES string of the molecule is CCCCC/C(=C\C/C=C(\C/C=C(\CCCCCC[C]=O)[N+](=O)[O-])[N+](=O)[O-])[N+](=O)[O-]. The number of rotatable bonds is 18. The molecule has 0 heterocycles. The smallest absolute Gasteiger partial charge is 0.246 e. The minimum absolute atomic E-state index is 0.0220. The molecule has 30 heavy (non-hydrogen) atoms. The molecule has 10 heteroatoms. The maximum absolute atomic E-state index is 11.2. The fourth-order valence-electron chi connectivity index (χ4n) is 2.73. The second-order valence-corrected chi connectivity index (χ2v) is 6.81. The van der Waals surface area contributed by atoms with Crippen molar-refractivity contribution in [3.8, 4) is 0 Å². The van der Waals surface area contributed by atoms with E-state index < -0.39 is 14.8 Å². The molecule has 0 spiro atoms. The standard InChI is InChI=1S/C20H30N3O7/c1-2-3-7-11-18(21(25)26)13-10-14-20(23(29)30)16-15-19(22(27)28)12-8-5-4-6-9-17-24/h13-15H,2-12,16H2,1H3/b18-13+,19-15+,20-14+. The van der Waals surface area contributed by atoms with Crippen molar-refractivity contribution in [2.45, 2.75) is 84.0 Å². The zero-order chi connectivity index (χ0) is 22.8. The first kappa shape index (κ1) is 27.1. The molecule has 1 radical (unpaired) electrons. The Labute approximate surface area is 176 Å². The Morgan fingerprint density at radius 2 is 1.23 bits per heavy atom. The normalized spacial score (nSPS) is 12.6. The second-order valence-electron chi connectivity index (χ2n) is 6.81. The Bertz CT molecular complexity index is 669. The Morgan fingerprint density at radius 1 is 0.733 bits per heavy atom. The second kappa shape index (κ2) is 17.0. The quantitative estimate of drug-likeness (QED) is 0.165. The largest absolute Gasteiger partial charge is 0.291 e. The van der Waals surface area contributed by atoms with Crippen LogP contribution in [0.25, 0.3) is 0 Å². The van der Waals surface area contributed by atoms with Crippen LogP contribution in [-0.4, -0.2) is 21.1 Å². The topological polar surface area (TPSA) is 146 Å². The van der Waals surface area contributed by atoms with Crippen molar-refractivity contribution in [1.29, 1.82) is 0 Å². The highest BCUT2D eigenvalue weighted by Crippen LogP contribution is 2.16. The lowest BCUT2D eigenvalue weighted by Gasteiger charge is -2.00. The van der Waals surface area contributed by atoms with Crippen LogP contribution in [0.1, 0.15) is 84.0 Å². The van der Waals surface area contributed by atoms with Crippen molar-refractivity contribution in [3.63, 3.8) is 0 Å². The number of nitro groups is 3. The van der Waals surface area contributed by atoms with Crippen molar-refractivity contribution < 1.29 is 19.6 Å². The molecular weight excluding hydrogens is 394 g/mol. The molecule has 0 fully saturated rings. The Morgan fingerprint density at radius 3 is 1.77 bits per heavy atom. The van der Waals surface area contributed by atoms with E-state index >= 15 is 0 Å². The van der Waals surface area contributed by atoms with E-state index in [2.05, 4.69) is 0 Å². The number of carbonyl (C=O) groups excluding carboxylic acids is 1. The molecule has 0 aliphatic heterocycles. The van der Waals surface area contributed by atoms with Crippen molar-refractivity contribution in [2.75, 3.05) is 0 Å². The van der Waals surface area contributed by atoms with E-state index in [0.29, 0.717) is 32.1 Å². The summed E-state index contributed by atoms with van der Waals surface area (Å²) in [5.74, 6) is 0. The van der Waals surface area contributed by atoms with E-state index in [9.17, 15) is 35.1 Å². The van der Waals surface area contributed by atoms with Gasteiger partial charge in [0.05, 0.1) is 21.2 Å². The average molecular weight is 424 g/mol. The highest BCUT2D eigenvalue weighted by Gasteiger charge is 2.15. The summed E-state index contributed by atoms with van der Waals surface area (Å²) in [6.07, 6.45) is 11.5. The van der Waals surface area contributed by atoms with Crippen molar-refractivity contribution in [3.05, 3.63) is 65.7 Å². The van der Waals surface area contributed by atoms with Crippen LogP contribution >= 0.6 is 0 Å². The van der Waals surface area contributed by atoms with Crippen LogP contribution in [0.15, 0.2) is 35.3 Å². The van der Waals surface area contributed by atoms with Gasteiger partial charge in [-0.3, -0.25) is 35.1 Å². The third-order valence-corrected chi connectivity index (χ3v) is 4.46. The van der Waals surface area contributed by atoms with Crippen LogP contribution in [0.2, 0.25) is 0 Å². The van der Waals surface area contributed by atoms with Gasteiger partial charge >= 0.3 is 0 Å². The Balaban J connectivity index is 4.93. The van der Waals surface area contributed by atoms with E-state index in [-0.39, 0.29) is 36.4 Å². The molecule has 0 saturated heterocycles. The fraction of sp³-hybridized carbons (Fsp3) is 0.650. The Kier molecular flexibility index (Phi) is 15.3. The number of allylic oxidation sites excluding steroid dienone is 5. The molecule has 0 aliphatic carbocycles. The van der Waals surface area contributed by atoms with E-state index in [1.54, 1.807) is 6.29 Å². The van der Waals surface area contributed by atoms with Crippen molar-refractivity contribution in [2.24, 2.45) is 0 Å². The highest BCUT2D eigenvalue weighted by atomic mass is 16.6. The molecule has 0 saturated carbocycles. The van der Waals surface area contributed by atoms with Crippen LogP contribution in [0.4, 0.5) is 0 Å². The van der Waals surface area contributed by atoms with Crippen LogP contribution in [-0.2, 0) is 4.79 Å². The zero-order valence-corrected chi connectivity index (χ0v) is 17.4. The molecule has 0 amide bonds. The summed E-state index contributed by atoms with van der Waals surface area (Å²) in [5.41, 5.74) is -0.301. The number of nitrogens with zero attached hydrogens (tertiary/aromatic N) is 3. The first-order chi connectivity index (χ1) is 14.3. The first-order valence-electron chi connectivity index (χ1n) is 10.2. The summed E-state index contributed by atoms with van der Waals surface area (Å²) < 4.78 is 0. The van der Waals surface area contributed by atoms with Crippen LogP contribution < -0.4 is 0 Å². The minimum Gasteiger partial charge on any atom is -0.291 e. The summed E-state index contributed by atoms with van der Waals surface area (Å²) in [4.78, 5) is 41.9. The fourth-order valence-corrected chi connectivity index (χ4v) is 2.73. The molecule has 0 aromatic carbocycles. The maximum Gasteiger partial charge on any atom is 0.246 e. The van der Waals surface area contributed by atoms with Gasteiger partial charge in [-0.25, -0.2) is 0 Å². The van der Waals surface area contributed by atoms with Crippen molar-refractivity contribution in [1.82, 2.24) is 0 Å². The van der Waals surface area contributed by atoms with Gasteiger partial charge in [0.25, 0.3) is 0 Å². The van der Waals surface area contributed by atoms with Gasteiger partial charge in [0, 0.05) is 19.3 Å². The molecule has 0 bridgehead atoms. The summed E-state index contributed by atoms with van der Waals surface area (Å²) in [6.45, 7) is 1.99. The van der Waals surface area contributed by atoms with Gasteiger partial charge in [0.15, 0.2) is 6.29 Å². The van der Waals surface area contributed by atoms with Gasteiger partial charge in [-0.1, -0.05) is 32.6 Å². The Hall–Kier alpha value is -2.91. The van der Waals surface area contributed by atoms with Gasteiger partial charge < -0.3 is 0 Å². The molecule has 0 atom stereocenters. The third-order valence-electron chi connectivity index (χ3n) is 4.46. The molecule has 0 N–H and O–H groups in total. The zero-order valence-electron chi connectivity index (χ0n) is 17.4. The lowest BCUT2D eigenvalue weighted by molar-refractivity contribution is -0.432. The maximum atomic E-state index is 11.2. The number of hydrogen-bond acceptors (Lipinski definition) is 7. The van der Waals surface area contributed by atoms with E-state index in [1.165, 1.54) is 18.2 Å². The number of unbranched alkanes of at least 4 members (excludes halogenated alkanes) is 6.